The van der Waals surface area contributed by atoms with E-state index >= 15 is 0 Å². The molecule has 2 heterocycles. The summed E-state index contributed by atoms with van der Waals surface area (Å²) in [7, 11) is -3.59. The van der Waals surface area contributed by atoms with Gasteiger partial charge in [-0.3, -0.25) is 9.48 Å². The van der Waals surface area contributed by atoms with Crippen LogP contribution in [0.15, 0.2) is 29.2 Å². The molecule has 9 heteroatoms. The molecule has 32 heavy (non-hydrogen) atoms. The predicted octanol–water partition coefficient (Wildman–Crippen LogP) is 2.66. The highest BCUT2D eigenvalue weighted by molar-refractivity contribution is 7.89. The lowest BCUT2D eigenvalue weighted by Crippen LogP contribution is -2.48. The van der Waals surface area contributed by atoms with E-state index in [1.165, 1.54) is 4.31 Å². The molecule has 176 valence electrons. The van der Waals surface area contributed by atoms with Crippen LogP contribution in [0.4, 0.5) is 5.69 Å². The number of amides is 1. The molecule has 1 fully saturated rings. The van der Waals surface area contributed by atoms with Crippen LogP contribution in [-0.4, -0.2) is 66.0 Å². The number of nitrogens with zero attached hydrogens (tertiary/aromatic N) is 4. The summed E-state index contributed by atoms with van der Waals surface area (Å²) in [5.41, 5.74) is 3.24. The van der Waals surface area contributed by atoms with Gasteiger partial charge in [0.25, 0.3) is 0 Å². The Balaban J connectivity index is 1.70. The van der Waals surface area contributed by atoms with Gasteiger partial charge in [-0.25, -0.2) is 8.42 Å². The van der Waals surface area contributed by atoms with Crippen molar-refractivity contribution in [1.29, 1.82) is 0 Å². The lowest BCUT2D eigenvalue weighted by atomic mass is 10.1. The fourth-order valence-corrected chi connectivity index (χ4v) is 5.52. The van der Waals surface area contributed by atoms with Gasteiger partial charge in [-0.2, -0.15) is 9.40 Å². The molecular weight excluding hydrogens is 426 g/mol. The van der Waals surface area contributed by atoms with Gasteiger partial charge in [-0.1, -0.05) is 26.8 Å². The largest absolute Gasteiger partial charge is 0.326 e. The fourth-order valence-electron chi connectivity index (χ4n) is 4.05. The first-order valence-corrected chi connectivity index (χ1v) is 12.7. The number of likely N-dealkylation sites (N-methyl/N-ethyl adjacent to an activating group) is 1. The molecule has 0 aliphatic carbocycles. The molecule has 1 saturated heterocycles. The van der Waals surface area contributed by atoms with E-state index in [9.17, 15) is 13.2 Å². The lowest BCUT2D eigenvalue weighted by Gasteiger charge is -2.33. The Morgan fingerprint density at radius 1 is 1.16 bits per heavy atom. The molecule has 1 aromatic heterocycles. The smallest absolute Gasteiger partial charge is 0.243 e. The zero-order chi connectivity index (χ0) is 23.5. The maximum Gasteiger partial charge on any atom is 0.243 e. The Morgan fingerprint density at radius 2 is 1.84 bits per heavy atom. The molecule has 0 unspecified atom stereocenters. The molecule has 1 aromatic carbocycles. The van der Waals surface area contributed by atoms with Crippen molar-refractivity contribution in [3.8, 4) is 0 Å². The monoisotopic (exact) mass is 461 g/mol. The summed E-state index contributed by atoms with van der Waals surface area (Å²) >= 11 is 0. The van der Waals surface area contributed by atoms with Crippen molar-refractivity contribution >= 4 is 21.6 Å². The minimum absolute atomic E-state index is 0.189. The van der Waals surface area contributed by atoms with Crippen LogP contribution < -0.4 is 5.32 Å². The van der Waals surface area contributed by atoms with E-state index in [0.29, 0.717) is 24.7 Å². The second kappa shape index (κ2) is 10.1. The van der Waals surface area contributed by atoms with E-state index < -0.39 is 10.0 Å². The van der Waals surface area contributed by atoms with Crippen molar-refractivity contribution < 1.29 is 13.2 Å². The van der Waals surface area contributed by atoms with E-state index in [1.807, 2.05) is 18.5 Å². The normalized spacial score (nSPS) is 15.9. The maximum atomic E-state index is 13.1. The third kappa shape index (κ3) is 5.57. The molecule has 0 saturated carbocycles. The molecule has 1 N–H and O–H groups in total. The molecule has 1 aliphatic heterocycles. The van der Waals surface area contributed by atoms with Gasteiger partial charge < -0.3 is 10.2 Å². The highest BCUT2D eigenvalue weighted by Gasteiger charge is 2.28. The molecule has 0 spiro atoms. The summed E-state index contributed by atoms with van der Waals surface area (Å²) in [4.78, 5) is 15.2. The minimum Gasteiger partial charge on any atom is -0.326 e. The van der Waals surface area contributed by atoms with Crippen molar-refractivity contribution in [3.63, 3.8) is 0 Å². The number of hydrogen-bond acceptors (Lipinski definition) is 5. The number of piperazine rings is 1. The number of carbonyl (C=O) groups excluding carboxylic acids is 1. The summed E-state index contributed by atoms with van der Waals surface area (Å²) < 4.78 is 29.6. The topological polar surface area (TPSA) is 87.5 Å². The molecule has 1 aliphatic rings. The van der Waals surface area contributed by atoms with Crippen molar-refractivity contribution in [2.24, 2.45) is 5.92 Å². The number of anilines is 1. The van der Waals surface area contributed by atoms with Gasteiger partial charge in [-0.05, 0) is 44.5 Å². The van der Waals surface area contributed by atoms with Crippen LogP contribution in [-0.2, 0) is 27.8 Å². The number of aromatic nitrogens is 2. The molecule has 8 nitrogen and oxygen atoms in total. The Labute approximate surface area is 191 Å². The van der Waals surface area contributed by atoms with Gasteiger partial charge in [0, 0.05) is 49.7 Å². The second-order valence-corrected chi connectivity index (χ2v) is 10.8. The summed E-state index contributed by atoms with van der Waals surface area (Å²) in [5.74, 6) is 0.274. The zero-order valence-corrected chi connectivity index (χ0v) is 20.6. The summed E-state index contributed by atoms with van der Waals surface area (Å²) in [6.07, 6.45) is 0.200. The van der Waals surface area contributed by atoms with Crippen LogP contribution in [0, 0.1) is 19.8 Å². The number of sulfonamides is 1. The van der Waals surface area contributed by atoms with Crippen LogP contribution in [0.2, 0.25) is 0 Å². The van der Waals surface area contributed by atoms with Gasteiger partial charge in [-0.15, -0.1) is 0 Å². The van der Waals surface area contributed by atoms with E-state index in [1.54, 1.807) is 24.3 Å². The highest BCUT2D eigenvalue weighted by atomic mass is 32.2. The SMILES string of the molecule is CCN1CCN(S(=O)(=O)c2cccc(NC(=O)Cc3c(C)nn(CC(C)C)c3C)c2)CC1. The van der Waals surface area contributed by atoms with E-state index in [0.717, 1.165) is 43.1 Å². The average molecular weight is 462 g/mol. The van der Waals surface area contributed by atoms with Crippen molar-refractivity contribution in [1.82, 2.24) is 19.0 Å². The maximum absolute atomic E-state index is 13.1. The first-order valence-electron chi connectivity index (χ1n) is 11.3. The minimum atomic E-state index is -3.59. The van der Waals surface area contributed by atoms with E-state index in [-0.39, 0.29) is 17.2 Å². The van der Waals surface area contributed by atoms with Gasteiger partial charge in [0.05, 0.1) is 17.0 Å². The number of carbonyl (C=O) groups is 1. The summed E-state index contributed by atoms with van der Waals surface area (Å²) in [6, 6.07) is 6.51. The quantitative estimate of drug-likeness (QED) is 0.653. The Hall–Kier alpha value is -2.23. The Bertz CT molecular complexity index is 1050. The molecule has 0 atom stereocenters. The third-order valence-electron chi connectivity index (χ3n) is 5.94. The zero-order valence-electron chi connectivity index (χ0n) is 19.8. The average Bonchev–Trinajstić information content (AvgIpc) is 3.00. The fraction of sp³-hybridized carbons (Fsp3) is 0.565. The van der Waals surface area contributed by atoms with Gasteiger partial charge in [0.15, 0.2) is 0 Å². The Morgan fingerprint density at radius 3 is 2.47 bits per heavy atom. The van der Waals surface area contributed by atoms with Crippen molar-refractivity contribution in [3.05, 3.63) is 41.2 Å². The number of nitrogens with one attached hydrogen (secondary N) is 1. The number of hydrogen-bond donors (Lipinski definition) is 1. The molecule has 0 radical (unpaired) electrons. The number of aryl methyl sites for hydroxylation is 1. The summed E-state index contributed by atoms with van der Waals surface area (Å²) in [5, 5.41) is 7.43. The number of benzene rings is 1. The standard InChI is InChI=1S/C23H35N5O3S/c1-6-26-10-12-27(13-11-26)32(30,31)21-9-7-8-20(14-21)24-23(29)15-22-18(4)25-28(19(22)5)16-17(2)3/h7-9,14,17H,6,10-13,15-16H2,1-5H3,(H,24,29). The lowest BCUT2D eigenvalue weighted by molar-refractivity contribution is -0.115. The Kier molecular flexibility index (Phi) is 7.74. The van der Waals surface area contributed by atoms with Gasteiger partial charge in [0.1, 0.15) is 0 Å². The van der Waals surface area contributed by atoms with Crippen LogP contribution >= 0.6 is 0 Å². The third-order valence-corrected chi connectivity index (χ3v) is 7.84. The van der Waals surface area contributed by atoms with Crippen LogP contribution in [0.3, 0.4) is 0 Å². The predicted molar refractivity (Wildman–Crippen MR) is 126 cm³/mol. The van der Waals surface area contributed by atoms with Crippen molar-refractivity contribution in [2.75, 3.05) is 38.0 Å². The van der Waals surface area contributed by atoms with Crippen LogP contribution in [0.1, 0.15) is 37.7 Å². The van der Waals surface area contributed by atoms with Crippen molar-refractivity contribution in [2.45, 2.75) is 52.5 Å². The molecule has 2 aromatic rings. The molecule has 1 amide bonds. The molecule has 3 rings (SSSR count). The summed E-state index contributed by atoms with van der Waals surface area (Å²) in [6.45, 7) is 14.4. The molecule has 0 bridgehead atoms. The van der Waals surface area contributed by atoms with Crippen LogP contribution in [0.5, 0.6) is 0 Å². The van der Waals surface area contributed by atoms with E-state index in [2.05, 4.69) is 36.1 Å². The second-order valence-electron chi connectivity index (χ2n) is 8.82. The van der Waals surface area contributed by atoms with E-state index in [4.69, 9.17) is 0 Å². The van der Waals surface area contributed by atoms with Crippen LogP contribution in [0.25, 0.3) is 0 Å². The highest BCUT2D eigenvalue weighted by Crippen LogP contribution is 2.22. The number of rotatable bonds is 8. The van der Waals surface area contributed by atoms with Gasteiger partial charge in [0.2, 0.25) is 15.9 Å². The first-order chi connectivity index (χ1) is 15.1. The van der Waals surface area contributed by atoms with Gasteiger partial charge >= 0.3 is 0 Å². The first kappa shape index (κ1) is 24.4. The molecular formula is C23H35N5O3S.